The van der Waals surface area contributed by atoms with E-state index in [-0.39, 0.29) is 11.8 Å². The Kier molecular flexibility index (Phi) is 2.90. The number of amides is 1. The molecular weight excluding hydrogens is 280 g/mol. The number of carbonyl (C=O) groups excluding carboxylic acids is 1. The smallest absolute Gasteiger partial charge is 0.227 e. The van der Waals surface area contributed by atoms with Crippen molar-refractivity contribution in [2.75, 3.05) is 5.32 Å². The van der Waals surface area contributed by atoms with Gasteiger partial charge in [0.2, 0.25) is 5.91 Å². The fraction of sp³-hybridized carbons (Fsp3) is 0.538. The van der Waals surface area contributed by atoms with Crippen LogP contribution in [0.2, 0.25) is 0 Å². The van der Waals surface area contributed by atoms with Crippen molar-refractivity contribution in [3.63, 3.8) is 0 Å². The quantitative estimate of drug-likeness (QED) is 0.851. The number of hydrogen-bond acceptors (Lipinski definition) is 2. The predicted molar refractivity (Wildman–Crippen MR) is 69.5 cm³/mol. The minimum atomic E-state index is 0.182. The van der Waals surface area contributed by atoms with Gasteiger partial charge < -0.3 is 5.32 Å². The Hall–Kier alpha value is -0.900. The lowest BCUT2D eigenvalue weighted by atomic mass is 9.88. The Balaban J connectivity index is 1.65. The fourth-order valence-electron chi connectivity index (χ4n) is 3.25. The van der Waals surface area contributed by atoms with Crippen molar-refractivity contribution in [3.05, 3.63) is 22.9 Å². The number of nitrogens with zero attached hydrogens (tertiary/aromatic N) is 1. The van der Waals surface area contributed by atoms with Crippen LogP contribution < -0.4 is 5.32 Å². The first-order chi connectivity index (χ1) is 8.22. The number of rotatable bonds is 2. The molecule has 1 aromatic heterocycles. The van der Waals surface area contributed by atoms with Crippen molar-refractivity contribution in [1.82, 2.24) is 4.98 Å². The number of halogens is 1. The molecule has 1 aromatic rings. The second kappa shape index (κ2) is 4.41. The molecule has 3 nitrogen and oxygen atoms in total. The predicted octanol–water partition coefficient (Wildman–Crippen LogP) is 3.22. The summed E-state index contributed by atoms with van der Waals surface area (Å²) in [5, 5.41) is 2.97. The largest absolute Gasteiger partial charge is 0.324 e. The SMILES string of the molecule is O=C(Nc1ccc(Br)nc1)C1CC2CCC1C2. The van der Waals surface area contributed by atoms with Gasteiger partial charge in [-0.1, -0.05) is 6.42 Å². The van der Waals surface area contributed by atoms with Crippen LogP contribution in [0.3, 0.4) is 0 Å². The van der Waals surface area contributed by atoms with Crippen LogP contribution in [0.5, 0.6) is 0 Å². The van der Waals surface area contributed by atoms with Crippen molar-refractivity contribution < 1.29 is 4.79 Å². The molecule has 2 bridgehead atoms. The zero-order valence-corrected chi connectivity index (χ0v) is 11.1. The Labute approximate surface area is 109 Å². The Morgan fingerprint density at radius 2 is 2.24 bits per heavy atom. The third-order valence-electron chi connectivity index (χ3n) is 4.07. The molecule has 2 aliphatic carbocycles. The highest BCUT2D eigenvalue weighted by Crippen LogP contribution is 2.48. The Morgan fingerprint density at radius 1 is 1.35 bits per heavy atom. The van der Waals surface area contributed by atoms with Crippen LogP contribution >= 0.6 is 15.9 Å². The molecule has 4 heteroatoms. The van der Waals surface area contributed by atoms with Crippen LogP contribution in [0, 0.1) is 17.8 Å². The van der Waals surface area contributed by atoms with E-state index in [0.717, 1.165) is 22.6 Å². The van der Waals surface area contributed by atoms with E-state index >= 15 is 0 Å². The molecule has 0 saturated heterocycles. The van der Waals surface area contributed by atoms with E-state index in [2.05, 4.69) is 26.2 Å². The molecule has 17 heavy (non-hydrogen) atoms. The summed E-state index contributed by atoms with van der Waals surface area (Å²) in [6.45, 7) is 0. The van der Waals surface area contributed by atoms with Gasteiger partial charge in [-0.2, -0.15) is 0 Å². The highest BCUT2D eigenvalue weighted by atomic mass is 79.9. The maximum absolute atomic E-state index is 12.1. The molecule has 1 amide bonds. The zero-order valence-electron chi connectivity index (χ0n) is 9.53. The lowest BCUT2D eigenvalue weighted by Gasteiger charge is -2.20. The average molecular weight is 295 g/mol. The van der Waals surface area contributed by atoms with Crippen LogP contribution in [0.1, 0.15) is 25.7 Å². The molecule has 3 rings (SSSR count). The molecule has 0 aromatic carbocycles. The zero-order chi connectivity index (χ0) is 11.8. The van der Waals surface area contributed by atoms with Gasteiger partial charge in [0.1, 0.15) is 4.60 Å². The van der Waals surface area contributed by atoms with E-state index in [1.54, 1.807) is 6.20 Å². The minimum Gasteiger partial charge on any atom is -0.324 e. The Bertz CT molecular complexity index is 432. The molecule has 0 aliphatic heterocycles. The molecule has 0 radical (unpaired) electrons. The maximum atomic E-state index is 12.1. The highest BCUT2D eigenvalue weighted by molar-refractivity contribution is 9.10. The molecule has 3 atom stereocenters. The van der Waals surface area contributed by atoms with Gasteiger partial charge in [0.05, 0.1) is 11.9 Å². The number of carbonyl (C=O) groups is 1. The molecule has 2 saturated carbocycles. The van der Waals surface area contributed by atoms with E-state index in [1.807, 2.05) is 12.1 Å². The number of anilines is 1. The number of fused-ring (bicyclic) bond motifs is 2. The summed E-state index contributed by atoms with van der Waals surface area (Å²) >= 11 is 3.28. The average Bonchev–Trinajstić information content (AvgIpc) is 2.94. The van der Waals surface area contributed by atoms with Crippen molar-refractivity contribution >= 4 is 27.5 Å². The lowest BCUT2D eigenvalue weighted by molar-refractivity contribution is -0.121. The van der Waals surface area contributed by atoms with Crippen molar-refractivity contribution in [2.24, 2.45) is 17.8 Å². The molecule has 2 fully saturated rings. The van der Waals surface area contributed by atoms with Crippen LogP contribution in [-0.4, -0.2) is 10.9 Å². The van der Waals surface area contributed by atoms with Crippen molar-refractivity contribution in [3.8, 4) is 0 Å². The van der Waals surface area contributed by atoms with Gasteiger partial charge in [0.25, 0.3) is 0 Å². The summed E-state index contributed by atoms with van der Waals surface area (Å²) < 4.78 is 0.787. The molecule has 1 heterocycles. The van der Waals surface area contributed by atoms with Gasteiger partial charge in [-0.25, -0.2) is 4.98 Å². The van der Waals surface area contributed by atoms with Gasteiger partial charge in [0.15, 0.2) is 0 Å². The molecule has 3 unspecified atom stereocenters. The number of nitrogens with one attached hydrogen (secondary N) is 1. The number of hydrogen-bond donors (Lipinski definition) is 1. The fourth-order valence-corrected chi connectivity index (χ4v) is 3.49. The van der Waals surface area contributed by atoms with E-state index in [1.165, 1.54) is 19.3 Å². The third-order valence-corrected chi connectivity index (χ3v) is 4.54. The van der Waals surface area contributed by atoms with Crippen molar-refractivity contribution in [1.29, 1.82) is 0 Å². The molecule has 0 spiro atoms. The normalized spacial score (nSPS) is 30.5. The standard InChI is InChI=1S/C13H15BrN2O/c14-12-4-3-10(7-15-12)16-13(17)11-6-8-1-2-9(11)5-8/h3-4,7-9,11H,1-2,5-6H2,(H,16,17). The van der Waals surface area contributed by atoms with Gasteiger partial charge >= 0.3 is 0 Å². The number of pyridine rings is 1. The highest BCUT2D eigenvalue weighted by Gasteiger charge is 2.42. The monoisotopic (exact) mass is 294 g/mol. The van der Waals surface area contributed by atoms with Crippen LogP contribution in [0.4, 0.5) is 5.69 Å². The van der Waals surface area contributed by atoms with Gasteiger partial charge in [-0.05, 0) is 59.2 Å². The second-order valence-corrected chi connectivity index (χ2v) is 5.95. The van der Waals surface area contributed by atoms with E-state index in [9.17, 15) is 4.79 Å². The molecule has 1 N–H and O–H groups in total. The van der Waals surface area contributed by atoms with Crippen molar-refractivity contribution in [2.45, 2.75) is 25.7 Å². The first-order valence-electron chi connectivity index (χ1n) is 6.15. The van der Waals surface area contributed by atoms with Crippen LogP contribution in [-0.2, 0) is 4.79 Å². The first-order valence-corrected chi connectivity index (χ1v) is 6.94. The third kappa shape index (κ3) is 2.23. The first kappa shape index (κ1) is 11.2. The van der Waals surface area contributed by atoms with E-state index in [0.29, 0.717) is 5.92 Å². The molecule has 90 valence electrons. The van der Waals surface area contributed by atoms with Gasteiger partial charge in [0, 0.05) is 5.92 Å². The topological polar surface area (TPSA) is 42.0 Å². The van der Waals surface area contributed by atoms with Gasteiger partial charge in [-0.15, -0.1) is 0 Å². The van der Waals surface area contributed by atoms with Crippen LogP contribution in [0.15, 0.2) is 22.9 Å². The molecular formula is C13H15BrN2O. The maximum Gasteiger partial charge on any atom is 0.227 e. The summed E-state index contributed by atoms with van der Waals surface area (Å²) in [5.41, 5.74) is 0.793. The minimum absolute atomic E-state index is 0.182. The number of aromatic nitrogens is 1. The summed E-state index contributed by atoms with van der Waals surface area (Å²) in [7, 11) is 0. The lowest BCUT2D eigenvalue weighted by Crippen LogP contribution is -2.27. The van der Waals surface area contributed by atoms with Gasteiger partial charge in [-0.3, -0.25) is 4.79 Å². The summed E-state index contributed by atoms with van der Waals surface area (Å²) in [6.07, 6.45) is 6.60. The molecule has 2 aliphatic rings. The van der Waals surface area contributed by atoms with Crippen LogP contribution in [0.25, 0.3) is 0 Å². The van der Waals surface area contributed by atoms with E-state index in [4.69, 9.17) is 0 Å². The summed E-state index contributed by atoms with van der Waals surface area (Å²) in [4.78, 5) is 16.2. The Morgan fingerprint density at radius 3 is 2.82 bits per heavy atom. The second-order valence-electron chi connectivity index (χ2n) is 5.14. The van der Waals surface area contributed by atoms with E-state index < -0.39 is 0 Å². The summed E-state index contributed by atoms with van der Waals surface area (Å²) in [5.74, 6) is 1.85. The summed E-state index contributed by atoms with van der Waals surface area (Å²) in [6, 6.07) is 3.72.